The maximum absolute atomic E-state index is 13.1. The van der Waals surface area contributed by atoms with Gasteiger partial charge in [0, 0.05) is 38.1 Å². The molecule has 1 spiro atoms. The fourth-order valence-corrected chi connectivity index (χ4v) is 5.46. The lowest BCUT2D eigenvalue weighted by Crippen LogP contribution is -2.52. The first-order chi connectivity index (χ1) is 14.3. The highest BCUT2D eigenvalue weighted by Gasteiger charge is 2.46. The monoisotopic (exact) mass is 435 g/mol. The molecule has 2 aliphatic rings. The lowest BCUT2D eigenvalue weighted by molar-refractivity contribution is 0.00538. The Kier molecular flexibility index (Phi) is 5.19. The Hall–Kier alpha value is -2.65. The van der Waals surface area contributed by atoms with E-state index in [0.29, 0.717) is 35.7 Å². The Morgan fingerprint density at radius 1 is 1.07 bits per heavy atom. The summed E-state index contributed by atoms with van der Waals surface area (Å²) >= 11 is 0. The number of ether oxygens (including phenoxy) is 3. The van der Waals surface area contributed by atoms with Crippen molar-refractivity contribution in [3.05, 3.63) is 47.8 Å². The first-order valence-corrected chi connectivity index (χ1v) is 11.0. The van der Waals surface area contributed by atoms with Crippen LogP contribution in [0.1, 0.15) is 29.6 Å². The Bertz CT molecular complexity index is 1080. The van der Waals surface area contributed by atoms with Crippen LogP contribution in [0.3, 0.4) is 0 Å². The van der Waals surface area contributed by atoms with Crippen molar-refractivity contribution in [3.8, 4) is 17.2 Å². The first-order valence-electron chi connectivity index (χ1n) is 9.52. The highest BCUT2D eigenvalue weighted by Crippen LogP contribution is 2.45. The van der Waals surface area contributed by atoms with E-state index in [1.807, 2.05) is 0 Å². The van der Waals surface area contributed by atoms with E-state index in [1.54, 1.807) is 12.1 Å². The molecule has 1 saturated heterocycles. The van der Waals surface area contributed by atoms with Gasteiger partial charge in [0.1, 0.15) is 34.2 Å². The van der Waals surface area contributed by atoms with E-state index in [1.165, 1.54) is 30.7 Å². The average Bonchev–Trinajstić information content (AvgIpc) is 2.73. The minimum atomic E-state index is -3.74. The summed E-state index contributed by atoms with van der Waals surface area (Å²) in [6, 6.07) is 8.04. The molecule has 0 bridgehead atoms. The van der Waals surface area contributed by atoms with Crippen molar-refractivity contribution in [3.63, 3.8) is 0 Å². The van der Waals surface area contributed by atoms with E-state index >= 15 is 0 Å². The number of methoxy groups -OCH3 is 2. The van der Waals surface area contributed by atoms with Crippen LogP contribution in [0.4, 0.5) is 4.39 Å². The number of nitrogens with zero attached hydrogens (tertiary/aromatic N) is 1. The number of sulfonamides is 1. The van der Waals surface area contributed by atoms with Crippen molar-refractivity contribution in [2.45, 2.75) is 29.8 Å². The van der Waals surface area contributed by atoms with Gasteiger partial charge in [0.15, 0.2) is 5.78 Å². The third-order valence-corrected chi connectivity index (χ3v) is 7.58. The van der Waals surface area contributed by atoms with Crippen LogP contribution in [0, 0.1) is 5.82 Å². The molecule has 2 heterocycles. The van der Waals surface area contributed by atoms with Gasteiger partial charge in [-0.05, 0) is 24.3 Å². The molecule has 0 saturated carbocycles. The minimum absolute atomic E-state index is 0.0420. The van der Waals surface area contributed by atoms with Crippen molar-refractivity contribution in [2.75, 3.05) is 27.3 Å². The summed E-state index contributed by atoms with van der Waals surface area (Å²) in [6.07, 6.45) is 0.864. The van der Waals surface area contributed by atoms with E-state index in [4.69, 9.17) is 14.2 Å². The van der Waals surface area contributed by atoms with Gasteiger partial charge in [-0.2, -0.15) is 4.31 Å². The molecule has 0 atom stereocenters. The maximum Gasteiger partial charge on any atom is 0.243 e. The van der Waals surface area contributed by atoms with Crippen LogP contribution in [0.2, 0.25) is 0 Å². The summed E-state index contributed by atoms with van der Waals surface area (Å²) in [4.78, 5) is 12.9. The topological polar surface area (TPSA) is 82.1 Å². The molecule has 4 rings (SSSR count). The largest absolute Gasteiger partial charge is 0.496 e. The number of ketones is 1. The van der Waals surface area contributed by atoms with Gasteiger partial charge in [-0.3, -0.25) is 4.79 Å². The van der Waals surface area contributed by atoms with E-state index in [-0.39, 0.29) is 30.2 Å². The highest BCUT2D eigenvalue weighted by molar-refractivity contribution is 7.89. The standard InChI is InChI=1S/C21H22FNO6S/c1-27-15-11-18(28-2)20-17(24)13-21(29-19(20)12-15)7-9-23(10-8-21)30(25,26)16-5-3-14(22)4-6-16/h3-6,11-12H,7-10,13H2,1-2H3. The number of Topliss-reactive ketones (excluding diaryl/α,β-unsaturated/α-hetero) is 1. The molecule has 0 amide bonds. The van der Waals surface area contributed by atoms with Gasteiger partial charge >= 0.3 is 0 Å². The first kappa shape index (κ1) is 20.6. The number of hydrogen-bond donors (Lipinski definition) is 0. The lowest BCUT2D eigenvalue weighted by Gasteiger charge is -2.43. The fourth-order valence-electron chi connectivity index (χ4n) is 4.02. The number of carbonyl (C=O) groups excluding carboxylic acids is 1. The second-order valence-electron chi connectivity index (χ2n) is 7.45. The molecule has 30 heavy (non-hydrogen) atoms. The number of rotatable bonds is 4. The van der Waals surface area contributed by atoms with Crippen molar-refractivity contribution in [1.82, 2.24) is 4.31 Å². The summed E-state index contributed by atoms with van der Waals surface area (Å²) in [5, 5.41) is 0. The normalized spacial score (nSPS) is 18.6. The highest BCUT2D eigenvalue weighted by atomic mass is 32.2. The molecule has 160 valence electrons. The third kappa shape index (κ3) is 3.52. The molecule has 1 fully saturated rings. The van der Waals surface area contributed by atoms with Crippen molar-refractivity contribution in [1.29, 1.82) is 0 Å². The van der Waals surface area contributed by atoms with Crippen molar-refractivity contribution in [2.24, 2.45) is 0 Å². The second kappa shape index (κ2) is 7.55. The number of hydrogen-bond acceptors (Lipinski definition) is 6. The number of benzene rings is 2. The predicted molar refractivity (Wildman–Crippen MR) is 106 cm³/mol. The molecule has 0 aromatic heterocycles. The van der Waals surface area contributed by atoms with Gasteiger partial charge in [0.05, 0.1) is 25.5 Å². The molecule has 2 aromatic rings. The van der Waals surface area contributed by atoms with Gasteiger partial charge < -0.3 is 14.2 Å². The Morgan fingerprint density at radius 3 is 2.33 bits per heavy atom. The second-order valence-corrected chi connectivity index (χ2v) is 9.38. The Labute approximate surface area is 174 Å². The molecule has 0 aliphatic carbocycles. The zero-order valence-corrected chi connectivity index (χ0v) is 17.5. The van der Waals surface area contributed by atoms with Crippen LogP contribution >= 0.6 is 0 Å². The smallest absolute Gasteiger partial charge is 0.243 e. The average molecular weight is 435 g/mol. The molecule has 0 N–H and O–H groups in total. The van der Waals surface area contributed by atoms with Gasteiger partial charge in [-0.1, -0.05) is 0 Å². The van der Waals surface area contributed by atoms with Crippen LogP contribution in [0.5, 0.6) is 17.2 Å². The zero-order valence-electron chi connectivity index (χ0n) is 16.7. The summed E-state index contributed by atoms with van der Waals surface area (Å²) in [5.74, 6) is 0.681. The third-order valence-electron chi connectivity index (χ3n) is 5.67. The number of carbonyl (C=O) groups is 1. The van der Waals surface area contributed by atoms with Gasteiger partial charge in [0.2, 0.25) is 10.0 Å². The Morgan fingerprint density at radius 2 is 1.73 bits per heavy atom. The molecule has 2 aromatic carbocycles. The fraction of sp³-hybridized carbons (Fsp3) is 0.381. The minimum Gasteiger partial charge on any atom is -0.496 e. The summed E-state index contributed by atoms with van der Waals surface area (Å²) in [5.41, 5.74) is -0.402. The molecular formula is C21H22FNO6S. The summed E-state index contributed by atoms with van der Waals surface area (Å²) in [6.45, 7) is 0.396. The molecule has 7 nitrogen and oxygen atoms in total. The Balaban J connectivity index is 1.57. The SMILES string of the molecule is COc1cc(OC)c2c(c1)OC1(CCN(S(=O)(=O)c3ccc(F)cc3)CC1)CC2=O. The number of halogens is 1. The van der Waals surface area contributed by atoms with Gasteiger partial charge in [-0.25, -0.2) is 12.8 Å². The van der Waals surface area contributed by atoms with Crippen molar-refractivity contribution >= 4 is 15.8 Å². The molecule has 0 radical (unpaired) electrons. The summed E-state index contributed by atoms with van der Waals surface area (Å²) in [7, 11) is -0.751. The molecule has 2 aliphatic heterocycles. The van der Waals surface area contributed by atoms with Crippen LogP contribution in [0.25, 0.3) is 0 Å². The number of fused-ring (bicyclic) bond motifs is 1. The van der Waals surface area contributed by atoms with Crippen LogP contribution in [-0.2, 0) is 10.0 Å². The van der Waals surface area contributed by atoms with Crippen molar-refractivity contribution < 1.29 is 31.8 Å². The molecular weight excluding hydrogens is 413 g/mol. The zero-order chi connectivity index (χ0) is 21.5. The quantitative estimate of drug-likeness (QED) is 0.734. The van der Waals surface area contributed by atoms with Crippen LogP contribution < -0.4 is 14.2 Å². The molecule has 0 unspecified atom stereocenters. The van der Waals surface area contributed by atoms with Gasteiger partial charge in [0.25, 0.3) is 0 Å². The van der Waals surface area contributed by atoms with E-state index in [9.17, 15) is 17.6 Å². The lowest BCUT2D eigenvalue weighted by atomic mass is 9.82. The van der Waals surface area contributed by atoms with Gasteiger partial charge in [-0.15, -0.1) is 0 Å². The van der Waals surface area contributed by atoms with E-state index < -0.39 is 21.4 Å². The summed E-state index contributed by atoms with van der Waals surface area (Å²) < 4.78 is 57.1. The van der Waals surface area contributed by atoms with E-state index in [2.05, 4.69) is 0 Å². The van der Waals surface area contributed by atoms with Crippen LogP contribution in [-0.4, -0.2) is 51.4 Å². The van der Waals surface area contributed by atoms with Crippen LogP contribution in [0.15, 0.2) is 41.3 Å². The number of piperidine rings is 1. The van der Waals surface area contributed by atoms with E-state index in [0.717, 1.165) is 12.1 Å². The predicted octanol–water partition coefficient (Wildman–Crippen LogP) is 3.03. The maximum atomic E-state index is 13.1. The molecule has 9 heteroatoms.